The fraction of sp³-hybridized carbons (Fsp3) is 0.471. The maximum absolute atomic E-state index is 12.1. The fourth-order valence-electron chi connectivity index (χ4n) is 2.37. The molecular formula is C17H24N4O2S. The first kappa shape index (κ1) is 18.3. The lowest BCUT2D eigenvalue weighted by atomic mass is 10.1. The molecule has 0 aliphatic heterocycles. The predicted molar refractivity (Wildman–Crippen MR) is 96.2 cm³/mol. The first-order valence-electron chi connectivity index (χ1n) is 8.21. The minimum atomic E-state index is -0.232. The maximum atomic E-state index is 12.1. The highest BCUT2D eigenvalue weighted by atomic mass is 32.2. The molecule has 24 heavy (non-hydrogen) atoms. The summed E-state index contributed by atoms with van der Waals surface area (Å²) in [6.07, 6.45) is 1.84. The van der Waals surface area contributed by atoms with Crippen molar-refractivity contribution in [2.75, 3.05) is 5.75 Å². The van der Waals surface area contributed by atoms with Gasteiger partial charge in [0.2, 0.25) is 5.91 Å². The van der Waals surface area contributed by atoms with Crippen LogP contribution < -0.4 is 11.0 Å². The summed E-state index contributed by atoms with van der Waals surface area (Å²) < 4.78 is 1.56. The molecule has 0 saturated carbocycles. The number of benzene rings is 1. The Balaban J connectivity index is 1.89. The first-order valence-corrected chi connectivity index (χ1v) is 9.19. The van der Waals surface area contributed by atoms with Crippen molar-refractivity contribution >= 4 is 17.7 Å². The van der Waals surface area contributed by atoms with Gasteiger partial charge in [0.25, 0.3) is 0 Å². The lowest BCUT2D eigenvalue weighted by molar-refractivity contribution is -0.119. The Morgan fingerprint density at radius 2 is 2.04 bits per heavy atom. The topological polar surface area (TPSA) is 79.8 Å². The van der Waals surface area contributed by atoms with Gasteiger partial charge in [0.05, 0.1) is 11.8 Å². The molecule has 2 aromatic rings. The van der Waals surface area contributed by atoms with E-state index in [1.54, 1.807) is 4.57 Å². The Kier molecular flexibility index (Phi) is 6.66. The number of hydrogen-bond acceptors (Lipinski definition) is 4. The van der Waals surface area contributed by atoms with E-state index in [0.29, 0.717) is 11.7 Å². The number of aromatic amines is 1. The van der Waals surface area contributed by atoms with E-state index in [4.69, 9.17) is 0 Å². The standard InChI is InChI=1S/C17H24N4O2S/c1-4-10-21-16(23)19-20-17(21)24-11-15(22)18-12(3)14-8-6-13(5-2)7-9-14/h6-9,12H,4-5,10-11H2,1-3H3,(H,18,22)(H,19,23)/t12-/m0/s1. The number of H-pyrrole nitrogens is 1. The van der Waals surface area contributed by atoms with E-state index in [1.807, 2.05) is 26.0 Å². The molecule has 6 nitrogen and oxygen atoms in total. The van der Waals surface area contributed by atoms with Crippen LogP contribution in [-0.2, 0) is 17.8 Å². The Bertz CT molecular complexity index is 721. The summed E-state index contributed by atoms with van der Waals surface area (Å²) in [6, 6.07) is 8.20. The molecule has 1 aromatic heterocycles. The molecule has 0 saturated heterocycles. The molecule has 0 bridgehead atoms. The van der Waals surface area contributed by atoms with E-state index < -0.39 is 0 Å². The zero-order chi connectivity index (χ0) is 17.5. The van der Waals surface area contributed by atoms with E-state index >= 15 is 0 Å². The summed E-state index contributed by atoms with van der Waals surface area (Å²) in [6.45, 7) is 6.67. The molecule has 0 unspecified atom stereocenters. The second-order valence-corrected chi connectivity index (χ2v) is 6.58. The van der Waals surface area contributed by atoms with Crippen molar-refractivity contribution in [1.29, 1.82) is 0 Å². The molecule has 7 heteroatoms. The summed E-state index contributed by atoms with van der Waals surface area (Å²) >= 11 is 1.27. The highest BCUT2D eigenvalue weighted by molar-refractivity contribution is 7.99. The third kappa shape index (κ3) is 4.74. The van der Waals surface area contributed by atoms with Crippen LogP contribution in [0.25, 0.3) is 0 Å². The maximum Gasteiger partial charge on any atom is 0.343 e. The molecule has 0 fully saturated rings. The molecule has 1 amide bonds. The SMILES string of the molecule is CCCn1c(SCC(=O)N[C@@H](C)c2ccc(CC)cc2)n[nH]c1=O. The van der Waals surface area contributed by atoms with Crippen molar-refractivity contribution in [3.63, 3.8) is 0 Å². The number of carbonyl (C=O) groups excluding carboxylic acids is 1. The molecule has 0 aliphatic rings. The second kappa shape index (κ2) is 8.73. The molecule has 0 spiro atoms. The number of nitrogens with one attached hydrogen (secondary N) is 2. The Morgan fingerprint density at radius 1 is 1.33 bits per heavy atom. The van der Waals surface area contributed by atoms with Gasteiger partial charge in [0.15, 0.2) is 5.16 Å². The number of hydrogen-bond donors (Lipinski definition) is 2. The molecule has 0 aliphatic carbocycles. The van der Waals surface area contributed by atoms with Gasteiger partial charge < -0.3 is 5.32 Å². The molecule has 1 atom stereocenters. The van der Waals surface area contributed by atoms with Crippen LogP contribution in [0.4, 0.5) is 0 Å². The molecule has 2 N–H and O–H groups in total. The van der Waals surface area contributed by atoms with Gasteiger partial charge in [-0.2, -0.15) is 0 Å². The van der Waals surface area contributed by atoms with Crippen molar-refractivity contribution < 1.29 is 4.79 Å². The number of carbonyl (C=O) groups is 1. The predicted octanol–water partition coefficient (Wildman–Crippen LogP) is 2.51. The minimum absolute atomic E-state index is 0.0546. The number of amides is 1. The van der Waals surface area contributed by atoms with E-state index in [1.165, 1.54) is 17.3 Å². The Labute approximate surface area is 146 Å². The van der Waals surface area contributed by atoms with Crippen molar-refractivity contribution in [2.24, 2.45) is 0 Å². The number of thioether (sulfide) groups is 1. The highest BCUT2D eigenvalue weighted by Crippen LogP contribution is 2.16. The number of nitrogens with zero attached hydrogens (tertiary/aromatic N) is 2. The van der Waals surface area contributed by atoms with Crippen LogP contribution in [-0.4, -0.2) is 26.4 Å². The van der Waals surface area contributed by atoms with Gasteiger partial charge in [0.1, 0.15) is 0 Å². The summed E-state index contributed by atoms with van der Waals surface area (Å²) in [5.74, 6) is 0.149. The van der Waals surface area contributed by atoms with Gasteiger partial charge >= 0.3 is 5.69 Å². The number of aryl methyl sites for hydroxylation is 1. The van der Waals surface area contributed by atoms with Crippen LogP contribution >= 0.6 is 11.8 Å². The van der Waals surface area contributed by atoms with E-state index in [2.05, 4.69) is 34.6 Å². The van der Waals surface area contributed by atoms with Crippen molar-refractivity contribution in [2.45, 2.75) is 51.4 Å². The van der Waals surface area contributed by atoms with Crippen LogP contribution in [0, 0.1) is 0 Å². The third-order valence-electron chi connectivity index (χ3n) is 3.77. The van der Waals surface area contributed by atoms with Gasteiger partial charge in [-0.05, 0) is 30.9 Å². The van der Waals surface area contributed by atoms with Crippen molar-refractivity contribution in [3.8, 4) is 0 Å². The second-order valence-electron chi connectivity index (χ2n) is 5.64. The summed E-state index contributed by atoms with van der Waals surface area (Å²) in [4.78, 5) is 23.8. The van der Waals surface area contributed by atoms with Gasteiger partial charge in [-0.3, -0.25) is 9.36 Å². The average Bonchev–Trinajstić information content (AvgIpc) is 2.93. The van der Waals surface area contributed by atoms with Crippen LogP contribution in [0.1, 0.15) is 44.4 Å². The van der Waals surface area contributed by atoms with Crippen molar-refractivity contribution in [3.05, 3.63) is 45.9 Å². The quantitative estimate of drug-likeness (QED) is 0.719. The van der Waals surface area contributed by atoms with E-state index in [9.17, 15) is 9.59 Å². The number of aromatic nitrogens is 3. The number of rotatable bonds is 8. The monoisotopic (exact) mass is 348 g/mol. The van der Waals surface area contributed by atoms with Crippen molar-refractivity contribution in [1.82, 2.24) is 20.1 Å². The largest absolute Gasteiger partial charge is 0.349 e. The van der Waals surface area contributed by atoms with Crippen LogP contribution in [0.15, 0.2) is 34.2 Å². The van der Waals surface area contributed by atoms with Gasteiger partial charge in [-0.25, -0.2) is 9.89 Å². The van der Waals surface area contributed by atoms with E-state index in [-0.39, 0.29) is 23.4 Å². The molecule has 1 aromatic carbocycles. The summed E-state index contributed by atoms with van der Waals surface area (Å²) in [5.41, 5.74) is 2.12. The van der Waals surface area contributed by atoms with Gasteiger partial charge in [-0.15, -0.1) is 5.10 Å². The smallest absolute Gasteiger partial charge is 0.343 e. The lowest BCUT2D eigenvalue weighted by Gasteiger charge is -2.14. The minimum Gasteiger partial charge on any atom is -0.349 e. The summed E-state index contributed by atoms with van der Waals surface area (Å²) in [5, 5.41) is 9.93. The van der Waals surface area contributed by atoms with Crippen LogP contribution in [0.2, 0.25) is 0 Å². The average molecular weight is 348 g/mol. The van der Waals surface area contributed by atoms with Gasteiger partial charge in [-0.1, -0.05) is 49.9 Å². The zero-order valence-electron chi connectivity index (χ0n) is 14.3. The third-order valence-corrected chi connectivity index (χ3v) is 4.74. The fourth-order valence-corrected chi connectivity index (χ4v) is 3.16. The Hall–Kier alpha value is -2.02. The van der Waals surface area contributed by atoms with Crippen LogP contribution in [0.3, 0.4) is 0 Å². The molecule has 130 valence electrons. The molecule has 0 radical (unpaired) electrons. The lowest BCUT2D eigenvalue weighted by Crippen LogP contribution is -2.28. The summed E-state index contributed by atoms with van der Waals surface area (Å²) in [7, 11) is 0. The first-order chi connectivity index (χ1) is 11.5. The normalized spacial score (nSPS) is 12.1. The highest BCUT2D eigenvalue weighted by Gasteiger charge is 2.13. The molecule has 2 rings (SSSR count). The Morgan fingerprint density at radius 3 is 2.67 bits per heavy atom. The zero-order valence-corrected chi connectivity index (χ0v) is 15.2. The van der Waals surface area contributed by atoms with E-state index in [0.717, 1.165) is 18.4 Å². The van der Waals surface area contributed by atoms with Crippen LogP contribution in [0.5, 0.6) is 0 Å². The molecular weight excluding hydrogens is 324 g/mol. The van der Waals surface area contributed by atoms with Gasteiger partial charge in [0, 0.05) is 6.54 Å². The molecule has 1 heterocycles.